The molecule has 0 aromatic carbocycles. The van der Waals surface area contributed by atoms with Crippen molar-refractivity contribution in [2.75, 3.05) is 6.54 Å². The molecule has 0 unspecified atom stereocenters. The van der Waals surface area contributed by atoms with Gasteiger partial charge in [-0.25, -0.2) is 13.4 Å². The minimum absolute atomic E-state index is 0.126. The molecule has 0 spiro atoms. The minimum Gasteiger partial charge on any atom is -0.468 e. The number of rotatable bonds is 5. The molecular formula is C12H13ClN2O3S. The van der Waals surface area contributed by atoms with E-state index >= 15 is 0 Å². The Hall–Kier alpha value is -1.37. The number of sulfonamides is 1. The van der Waals surface area contributed by atoms with Crippen molar-refractivity contribution in [3.05, 3.63) is 47.6 Å². The molecule has 0 N–H and O–H groups in total. The Morgan fingerprint density at radius 3 is 2.79 bits per heavy atom. The molecule has 0 aliphatic carbocycles. The Labute approximate surface area is 116 Å². The summed E-state index contributed by atoms with van der Waals surface area (Å²) in [6, 6.07) is 6.21. The van der Waals surface area contributed by atoms with Crippen molar-refractivity contribution in [1.29, 1.82) is 0 Å². The van der Waals surface area contributed by atoms with Crippen molar-refractivity contribution in [2.45, 2.75) is 18.4 Å². The second kappa shape index (κ2) is 5.73. The standard InChI is InChI=1S/C12H13ClN2O3S/c1-2-15(9-10-4-3-7-18-10)19(16,17)11-5-6-14-12(13)8-11/h3-8H,2,9H2,1H3. The van der Waals surface area contributed by atoms with Crippen molar-refractivity contribution in [3.8, 4) is 0 Å². The predicted molar refractivity (Wildman–Crippen MR) is 71.2 cm³/mol. The van der Waals surface area contributed by atoms with E-state index in [1.54, 1.807) is 19.1 Å². The normalized spacial score (nSPS) is 11.9. The molecule has 0 radical (unpaired) electrons. The number of nitrogens with zero attached hydrogens (tertiary/aromatic N) is 2. The Kier molecular flexibility index (Phi) is 4.24. The molecule has 0 aliphatic rings. The lowest BCUT2D eigenvalue weighted by Crippen LogP contribution is -2.30. The van der Waals surface area contributed by atoms with E-state index in [1.807, 2.05) is 0 Å². The fourth-order valence-corrected chi connectivity index (χ4v) is 3.30. The van der Waals surface area contributed by atoms with Gasteiger partial charge in [0.2, 0.25) is 10.0 Å². The lowest BCUT2D eigenvalue weighted by Gasteiger charge is -2.19. The molecule has 102 valence electrons. The molecule has 0 amide bonds. The maximum Gasteiger partial charge on any atom is 0.243 e. The third-order valence-electron chi connectivity index (χ3n) is 2.60. The van der Waals surface area contributed by atoms with Gasteiger partial charge in [0.1, 0.15) is 10.9 Å². The lowest BCUT2D eigenvalue weighted by atomic mass is 10.4. The first kappa shape index (κ1) is 14.0. The highest BCUT2D eigenvalue weighted by Gasteiger charge is 2.24. The first-order chi connectivity index (χ1) is 9.04. The summed E-state index contributed by atoms with van der Waals surface area (Å²) in [5, 5.41) is 0.148. The van der Waals surface area contributed by atoms with Gasteiger partial charge in [0.15, 0.2) is 0 Å². The summed E-state index contributed by atoms with van der Waals surface area (Å²) in [4.78, 5) is 3.90. The van der Waals surface area contributed by atoms with Gasteiger partial charge < -0.3 is 4.42 Å². The summed E-state index contributed by atoms with van der Waals surface area (Å²) in [5.74, 6) is 0.588. The molecule has 0 bridgehead atoms. The van der Waals surface area contributed by atoms with Gasteiger partial charge in [0.05, 0.1) is 17.7 Å². The van der Waals surface area contributed by atoms with Crippen LogP contribution in [-0.4, -0.2) is 24.3 Å². The van der Waals surface area contributed by atoms with E-state index in [1.165, 1.54) is 28.9 Å². The zero-order chi connectivity index (χ0) is 13.9. The van der Waals surface area contributed by atoms with Crippen LogP contribution in [0.25, 0.3) is 0 Å². The molecule has 5 nitrogen and oxygen atoms in total. The van der Waals surface area contributed by atoms with Crippen LogP contribution in [0, 0.1) is 0 Å². The third kappa shape index (κ3) is 3.15. The Bertz CT molecular complexity index is 641. The number of furan rings is 1. The van der Waals surface area contributed by atoms with Crippen molar-refractivity contribution in [2.24, 2.45) is 0 Å². The fourth-order valence-electron chi connectivity index (χ4n) is 1.64. The topological polar surface area (TPSA) is 63.4 Å². The first-order valence-corrected chi connectivity index (χ1v) is 7.50. The first-order valence-electron chi connectivity index (χ1n) is 5.68. The van der Waals surface area contributed by atoms with Crippen LogP contribution in [-0.2, 0) is 16.6 Å². The second-order valence-corrected chi connectivity index (χ2v) is 6.15. The summed E-state index contributed by atoms with van der Waals surface area (Å²) in [6.07, 6.45) is 2.88. The molecule has 19 heavy (non-hydrogen) atoms. The molecule has 0 fully saturated rings. The van der Waals surface area contributed by atoms with Crippen LogP contribution >= 0.6 is 11.6 Å². The summed E-state index contributed by atoms with van der Waals surface area (Å²) in [7, 11) is -3.60. The number of hydrogen-bond donors (Lipinski definition) is 0. The Balaban J connectivity index is 2.31. The molecular weight excluding hydrogens is 288 g/mol. The van der Waals surface area contributed by atoms with Gasteiger partial charge >= 0.3 is 0 Å². The van der Waals surface area contributed by atoms with Crippen molar-refractivity contribution < 1.29 is 12.8 Å². The van der Waals surface area contributed by atoms with E-state index in [4.69, 9.17) is 16.0 Å². The monoisotopic (exact) mass is 300 g/mol. The number of pyridine rings is 1. The van der Waals surface area contributed by atoms with Crippen LogP contribution in [0.4, 0.5) is 0 Å². The Morgan fingerprint density at radius 1 is 1.42 bits per heavy atom. The molecule has 0 saturated carbocycles. The summed E-state index contributed by atoms with van der Waals surface area (Å²) in [5.41, 5.74) is 0. The van der Waals surface area contributed by atoms with Crippen molar-refractivity contribution in [1.82, 2.24) is 9.29 Å². The molecule has 0 aliphatic heterocycles. The largest absolute Gasteiger partial charge is 0.468 e. The van der Waals surface area contributed by atoms with Crippen LogP contribution in [0.2, 0.25) is 5.15 Å². The molecule has 2 heterocycles. The smallest absolute Gasteiger partial charge is 0.243 e. The summed E-state index contributed by atoms with van der Waals surface area (Å²) in [6.45, 7) is 2.29. The quantitative estimate of drug-likeness (QED) is 0.796. The summed E-state index contributed by atoms with van der Waals surface area (Å²) < 4.78 is 31.4. The van der Waals surface area contributed by atoms with E-state index in [0.717, 1.165) is 0 Å². The average Bonchev–Trinajstić information content (AvgIpc) is 2.88. The number of hydrogen-bond acceptors (Lipinski definition) is 4. The average molecular weight is 301 g/mol. The highest BCUT2D eigenvalue weighted by atomic mass is 35.5. The van der Waals surface area contributed by atoms with E-state index in [-0.39, 0.29) is 16.6 Å². The van der Waals surface area contributed by atoms with Gasteiger partial charge in [0.25, 0.3) is 0 Å². The molecule has 0 saturated heterocycles. The second-order valence-electron chi connectivity index (χ2n) is 3.82. The molecule has 7 heteroatoms. The summed E-state index contributed by atoms with van der Waals surface area (Å²) >= 11 is 5.73. The highest BCUT2D eigenvalue weighted by molar-refractivity contribution is 7.89. The van der Waals surface area contributed by atoms with E-state index < -0.39 is 10.0 Å². The zero-order valence-corrected chi connectivity index (χ0v) is 11.9. The maximum atomic E-state index is 12.4. The maximum absolute atomic E-state index is 12.4. The van der Waals surface area contributed by atoms with Crippen LogP contribution < -0.4 is 0 Å². The van der Waals surface area contributed by atoms with E-state index in [2.05, 4.69) is 4.98 Å². The van der Waals surface area contributed by atoms with Crippen LogP contribution in [0.1, 0.15) is 12.7 Å². The van der Waals surface area contributed by atoms with Gasteiger partial charge in [-0.3, -0.25) is 0 Å². The fraction of sp³-hybridized carbons (Fsp3) is 0.250. The van der Waals surface area contributed by atoms with Gasteiger partial charge in [-0.1, -0.05) is 18.5 Å². The highest BCUT2D eigenvalue weighted by Crippen LogP contribution is 2.20. The van der Waals surface area contributed by atoms with Gasteiger partial charge in [0, 0.05) is 12.7 Å². The number of halogens is 1. The van der Waals surface area contributed by atoms with Crippen molar-refractivity contribution >= 4 is 21.6 Å². The molecule has 2 aromatic heterocycles. The van der Waals surface area contributed by atoms with Crippen LogP contribution in [0.3, 0.4) is 0 Å². The van der Waals surface area contributed by atoms with Crippen molar-refractivity contribution in [3.63, 3.8) is 0 Å². The molecule has 2 rings (SSSR count). The van der Waals surface area contributed by atoms with Crippen LogP contribution in [0.5, 0.6) is 0 Å². The van der Waals surface area contributed by atoms with E-state index in [9.17, 15) is 8.42 Å². The third-order valence-corrected chi connectivity index (χ3v) is 4.72. The Morgan fingerprint density at radius 2 is 2.21 bits per heavy atom. The van der Waals surface area contributed by atoms with Gasteiger partial charge in [-0.15, -0.1) is 0 Å². The van der Waals surface area contributed by atoms with Crippen LogP contribution in [0.15, 0.2) is 46.0 Å². The van der Waals surface area contributed by atoms with Gasteiger partial charge in [-0.2, -0.15) is 4.31 Å². The number of aromatic nitrogens is 1. The lowest BCUT2D eigenvalue weighted by molar-refractivity contribution is 0.375. The zero-order valence-electron chi connectivity index (χ0n) is 10.3. The van der Waals surface area contributed by atoms with Gasteiger partial charge in [-0.05, 0) is 24.3 Å². The SMILES string of the molecule is CCN(Cc1ccco1)S(=O)(=O)c1ccnc(Cl)c1. The van der Waals surface area contributed by atoms with E-state index in [0.29, 0.717) is 12.3 Å². The minimum atomic E-state index is -3.60. The predicted octanol–water partition coefficient (Wildman–Crippen LogP) is 2.54. The molecule has 0 atom stereocenters. The molecule has 2 aromatic rings.